The standard InChI is InChI=1S/C6H8BrN.ClH/c1-8-6(2-3-6)4-5-7;/h8H,2-3H2,1H3;1H. The molecular formula is C6H9BrClN. The second-order valence-electron chi connectivity index (χ2n) is 2.05. The number of rotatable bonds is 1. The lowest BCUT2D eigenvalue weighted by molar-refractivity contribution is 0.693. The third kappa shape index (κ3) is 2.17. The van der Waals surface area contributed by atoms with Gasteiger partial charge in [-0.25, -0.2) is 0 Å². The topological polar surface area (TPSA) is 12.0 Å². The van der Waals surface area contributed by atoms with Crippen LogP contribution in [0.4, 0.5) is 0 Å². The Morgan fingerprint density at radius 1 is 1.56 bits per heavy atom. The Bertz CT molecular complexity index is 143. The molecule has 1 saturated carbocycles. The third-order valence-electron chi connectivity index (χ3n) is 1.52. The molecule has 1 aliphatic carbocycles. The molecule has 0 aromatic carbocycles. The highest BCUT2D eigenvalue weighted by atomic mass is 79.9. The fraction of sp³-hybridized carbons (Fsp3) is 0.667. The van der Waals surface area contributed by atoms with E-state index in [1.807, 2.05) is 7.05 Å². The monoisotopic (exact) mass is 209 g/mol. The minimum atomic E-state index is 0. The molecule has 1 nitrogen and oxygen atoms in total. The van der Waals surface area contributed by atoms with Crippen molar-refractivity contribution < 1.29 is 0 Å². The summed E-state index contributed by atoms with van der Waals surface area (Å²) >= 11 is 3.06. The maximum atomic E-state index is 3.15. The van der Waals surface area contributed by atoms with Gasteiger partial charge in [-0.1, -0.05) is 5.92 Å². The van der Waals surface area contributed by atoms with Crippen LogP contribution in [0.5, 0.6) is 0 Å². The molecule has 52 valence electrons. The van der Waals surface area contributed by atoms with Crippen LogP contribution in [0.3, 0.4) is 0 Å². The molecule has 0 aromatic rings. The second-order valence-corrected chi connectivity index (χ2v) is 2.45. The first-order chi connectivity index (χ1) is 3.83. The summed E-state index contributed by atoms with van der Waals surface area (Å²) in [6, 6.07) is 0. The van der Waals surface area contributed by atoms with E-state index in [-0.39, 0.29) is 17.9 Å². The van der Waals surface area contributed by atoms with Crippen molar-refractivity contribution in [2.75, 3.05) is 7.05 Å². The Kier molecular flexibility index (Phi) is 3.57. The molecule has 0 heterocycles. The fourth-order valence-electron chi connectivity index (χ4n) is 0.653. The van der Waals surface area contributed by atoms with Gasteiger partial charge < -0.3 is 5.32 Å². The van der Waals surface area contributed by atoms with E-state index in [1.165, 1.54) is 12.8 Å². The zero-order valence-electron chi connectivity index (χ0n) is 5.20. The largest absolute Gasteiger partial charge is 0.304 e. The van der Waals surface area contributed by atoms with Gasteiger partial charge in [0.1, 0.15) is 0 Å². The lowest BCUT2D eigenvalue weighted by Gasteiger charge is -2.00. The normalized spacial score (nSPS) is 18.9. The van der Waals surface area contributed by atoms with Crippen molar-refractivity contribution in [2.24, 2.45) is 0 Å². The van der Waals surface area contributed by atoms with E-state index >= 15 is 0 Å². The van der Waals surface area contributed by atoms with E-state index < -0.39 is 0 Å². The van der Waals surface area contributed by atoms with Crippen molar-refractivity contribution in [1.82, 2.24) is 5.32 Å². The lowest BCUT2D eigenvalue weighted by atomic mass is 10.3. The Hall–Kier alpha value is 0.290. The SMILES string of the molecule is CNC1(C#CBr)CC1.Cl. The molecule has 0 aliphatic heterocycles. The number of hydrogen-bond donors (Lipinski definition) is 1. The molecule has 0 bridgehead atoms. The first-order valence-electron chi connectivity index (χ1n) is 2.65. The highest BCUT2D eigenvalue weighted by molar-refractivity contribution is 9.12. The zero-order chi connectivity index (χ0) is 6.04. The zero-order valence-corrected chi connectivity index (χ0v) is 7.60. The molecule has 0 aromatic heterocycles. The molecule has 0 atom stereocenters. The van der Waals surface area contributed by atoms with Crippen LogP contribution in [0.2, 0.25) is 0 Å². The van der Waals surface area contributed by atoms with Crippen molar-refractivity contribution in [3.8, 4) is 10.8 Å². The molecule has 0 saturated heterocycles. The predicted octanol–water partition coefficient (Wildman–Crippen LogP) is 1.52. The van der Waals surface area contributed by atoms with E-state index in [4.69, 9.17) is 0 Å². The average Bonchev–Trinajstić information content (AvgIpc) is 2.50. The Morgan fingerprint density at radius 2 is 2.11 bits per heavy atom. The summed E-state index contributed by atoms with van der Waals surface area (Å²) in [5.74, 6) is 3.04. The average molecular weight is 211 g/mol. The van der Waals surface area contributed by atoms with Crippen LogP contribution in [-0.2, 0) is 0 Å². The van der Waals surface area contributed by atoms with Gasteiger partial charge in [0.05, 0.1) is 5.54 Å². The maximum Gasteiger partial charge on any atom is 0.0809 e. The fourth-order valence-corrected chi connectivity index (χ4v) is 1.03. The predicted molar refractivity (Wildman–Crippen MR) is 45.0 cm³/mol. The summed E-state index contributed by atoms with van der Waals surface area (Å²) in [5.41, 5.74) is 0.184. The summed E-state index contributed by atoms with van der Waals surface area (Å²) in [6.45, 7) is 0. The molecule has 9 heavy (non-hydrogen) atoms. The Morgan fingerprint density at radius 3 is 2.22 bits per heavy atom. The summed E-state index contributed by atoms with van der Waals surface area (Å²) < 4.78 is 0. The van der Waals surface area contributed by atoms with Crippen molar-refractivity contribution >= 4 is 28.3 Å². The van der Waals surface area contributed by atoms with Crippen LogP contribution in [0.25, 0.3) is 0 Å². The maximum absolute atomic E-state index is 3.15. The van der Waals surface area contributed by atoms with Crippen LogP contribution in [0, 0.1) is 10.8 Å². The van der Waals surface area contributed by atoms with Crippen molar-refractivity contribution in [3.05, 3.63) is 0 Å². The quantitative estimate of drug-likeness (QED) is 0.647. The molecular weight excluding hydrogens is 201 g/mol. The van der Waals surface area contributed by atoms with E-state index in [0.717, 1.165) is 0 Å². The number of nitrogens with one attached hydrogen (secondary N) is 1. The minimum absolute atomic E-state index is 0. The van der Waals surface area contributed by atoms with Gasteiger partial charge >= 0.3 is 0 Å². The first kappa shape index (κ1) is 9.29. The van der Waals surface area contributed by atoms with E-state index in [9.17, 15) is 0 Å². The van der Waals surface area contributed by atoms with E-state index in [0.29, 0.717) is 0 Å². The van der Waals surface area contributed by atoms with Crippen LogP contribution in [0.15, 0.2) is 0 Å². The summed E-state index contributed by atoms with van der Waals surface area (Å²) in [5, 5.41) is 3.15. The molecule has 3 heteroatoms. The number of hydrogen-bond acceptors (Lipinski definition) is 1. The molecule has 0 amide bonds. The molecule has 0 spiro atoms. The van der Waals surface area contributed by atoms with Crippen LogP contribution < -0.4 is 5.32 Å². The van der Waals surface area contributed by atoms with Crippen LogP contribution >= 0.6 is 28.3 Å². The smallest absolute Gasteiger partial charge is 0.0809 e. The summed E-state index contributed by atoms with van der Waals surface area (Å²) in [7, 11) is 1.95. The van der Waals surface area contributed by atoms with Gasteiger partial charge in [-0.15, -0.1) is 12.4 Å². The highest BCUT2D eigenvalue weighted by Gasteiger charge is 2.39. The molecule has 0 unspecified atom stereocenters. The molecule has 1 rings (SSSR count). The van der Waals surface area contributed by atoms with Gasteiger partial charge in [0.15, 0.2) is 0 Å². The van der Waals surface area contributed by atoms with E-state index in [2.05, 4.69) is 32.0 Å². The Labute approximate surface area is 70.1 Å². The molecule has 1 N–H and O–H groups in total. The van der Waals surface area contributed by atoms with Gasteiger partial charge in [-0.3, -0.25) is 0 Å². The van der Waals surface area contributed by atoms with Gasteiger partial charge in [-0.05, 0) is 24.7 Å². The third-order valence-corrected chi connectivity index (χ3v) is 1.71. The van der Waals surface area contributed by atoms with E-state index in [1.54, 1.807) is 0 Å². The lowest BCUT2D eigenvalue weighted by Crippen LogP contribution is -2.24. The molecule has 1 aliphatic rings. The van der Waals surface area contributed by atoms with Gasteiger partial charge in [0.25, 0.3) is 0 Å². The Balaban J connectivity index is 0.000000640. The molecule has 0 radical (unpaired) electrons. The molecule has 1 fully saturated rings. The van der Waals surface area contributed by atoms with Crippen molar-refractivity contribution in [2.45, 2.75) is 18.4 Å². The second kappa shape index (κ2) is 3.46. The van der Waals surface area contributed by atoms with Crippen LogP contribution in [0.1, 0.15) is 12.8 Å². The first-order valence-corrected chi connectivity index (χ1v) is 3.44. The summed E-state index contributed by atoms with van der Waals surface area (Å²) in [4.78, 5) is 2.72. The van der Waals surface area contributed by atoms with Crippen LogP contribution in [-0.4, -0.2) is 12.6 Å². The summed E-state index contributed by atoms with van der Waals surface area (Å²) in [6.07, 6.45) is 2.39. The minimum Gasteiger partial charge on any atom is -0.304 e. The number of halogens is 2. The van der Waals surface area contributed by atoms with Crippen molar-refractivity contribution in [1.29, 1.82) is 0 Å². The van der Waals surface area contributed by atoms with Gasteiger partial charge in [0.2, 0.25) is 0 Å². The van der Waals surface area contributed by atoms with Gasteiger partial charge in [0, 0.05) is 15.9 Å². The highest BCUT2D eigenvalue weighted by Crippen LogP contribution is 2.33. The van der Waals surface area contributed by atoms with Crippen molar-refractivity contribution in [3.63, 3.8) is 0 Å². The van der Waals surface area contributed by atoms with Gasteiger partial charge in [-0.2, -0.15) is 0 Å².